The van der Waals surface area contributed by atoms with E-state index in [1.165, 1.54) is 29.5 Å². The van der Waals surface area contributed by atoms with Crippen LogP contribution in [0.2, 0.25) is 4.34 Å². The van der Waals surface area contributed by atoms with Crippen molar-refractivity contribution in [2.45, 2.75) is 43.2 Å². The SMILES string of the molecule is C[C@H](c1cccc2c1CC(N)CC2)n1ncc2cc(S(=O)(=O)Nc3ncc(Cl)s3)c(F)cc21. The number of aromatic nitrogens is 3. The summed E-state index contributed by atoms with van der Waals surface area (Å²) in [6, 6.07) is 8.63. The Balaban J connectivity index is 1.53. The molecule has 2 aromatic carbocycles. The number of aryl methyl sites for hydroxylation is 1. The van der Waals surface area contributed by atoms with E-state index in [-0.39, 0.29) is 17.2 Å². The van der Waals surface area contributed by atoms with Crippen LogP contribution in [0.1, 0.15) is 36.1 Å². The summed E-state index contributed by atoms with van der Waals surface area (Å²) in [5.41, 5.74) is 10.3. The summed E-state index contributed by atoms with van der Waals surface area (Å²) < 4.78 is 44.9. The molecule has 11 heteroatoms. The Morgan fingerprint density at radius 1 is 1.33 bits per heavy atom. The second-order valence-electron chi connectivity index (χ2n) is 8.17. The Bertz CT molecular complexity index is 1470. The normalized spacial score (nSPS) is 17.2. The molecular weight excluding hydrogens is 485 g/mol. The van der Waals surface area contributed by atoms with Crippen molar-refractivity contribution in [1.29, 1.82) is 0 Å². The van der Waals surface area contributed by atoms with Gasteiger partial charge in [0.15, 0.2) is 5.13 Å². The fraction of sp³-hybridized carbons (Fsp3) is 0.273. The van der Waals surface area contributed by atoms with Crippen LogP contribution in [0.25, 0.3) is 10.9 Å². The monoisotopic (exact) mass is 505 g/mol. The summed E-state index contributed by atoms with van der Waals surface area (Å²) in [5.74, 6) is -0.872. The minimum Gasteiger partial charge on any atom is -0.327 e. The molecule has 0 aliphatic heterocycles. The number of fused-ring (bicyclic) bond motifs is 2. The molecule has 2 heterocycles. The molecule has 33 heavy (non-hydrogen) atoms. The molecule has 0 amide bonds. The summed E-state index contributed by atoms with van der Waals surface area (Å²) in [4.78, 5) is 3.39. The highest BCUT2D eigenvalue weighted by Gasteiger charge is 2.25. The topological polar surface area (TPSA) is 103 Å². The van der Waals surface area contributed by atoms with Gasteiger partial charge in [-0.3, -0.25) is 9.40 Å². The molecule has 0 saturated heterocycles. The van der Waals surface area contributed by atoms with Crippen molar-refractivity contribution in [2.75, 3.05) is 4.72 Å². The molecule has 1 aliphatic rings. The van der Waals surface area contributed by atoms with Crippen molar-refractivity contribution in [2.24, 2.45) is 5.73 Å². The van der Waals surface area contributed by atoms with Gasteiger partial charge in [-0.05, 0) is 48.9 Å². The van der Waals surface area contributed by atoms with Gasteiger partial charge >= 0.3 is 0 Å². The maximum absolute atomic E-state index is 15.1. The van der Waals surface area contributed by atoms with E-state index in [2.05, 4.69) is 20.9 Å². The van der Waals surface area contributed by atoms with Gasteiger partial charge in [-0.1, -0.05) is 41.1 Å². The quantitative estimate of drug-likeness (QED) is 0.415. The van der Waals surface area contributed by atoms with Crippen molar-refractivity contribution in [1.82, 2.24) is 14.8 Å². The minimum absolute atomic E-state index is 0.0656. The Labute approximate surface area is 199 Å². The molecular formula is C22H21ClFN5O2S2. The van der Waals surface area contributed by atoms with Crippen LogP contribution in [-0.4, -0.2) is 29.2 Å². The van der Waals surface area contributed by atoms with Crippen LogP contribution in [0.3, 0.4) is 0 Å². The molecule has 0 radical (unpaired) electrons. The van der Waals surface area contributed by atoms with E-state index in [1.807, 2.05) is 19.1 Å². The van der Waals surface area contributed by atoms with Crippen LogP contribution in [0, 0.1) is 5.82 Å². The third kappa shape index (κ3) is 4.12. The Morgan fingerprint density at radius 2 is 2.15 bits per heavy atom. The number of rotatable bonds is 5. The van der Waals surface area contributed by atoms with Crippen LogP contribution in [-0.2, 0) is 22.9 Å². The number of benzene rings is 2. The standard InChI is InChI=1S/C22H21ClFN5O2S2/c1-12(16-4-2-3-13-5-6-15(25)8-17(13)16)29-19-9-18(24)20(7-14(19)10-27-29)33(30,31)28-22-26-11-21(23)32-22/h2-4,7,9-12,15H,5-6,8,25H2,1H3,(H,26,28)/t12-,15?/m1/s1. The molecule has 4 aromatic rings. The van der Waals surface area contributed by atoms with Crippen LogP contribution in [0.5, 0.6) is 0 Å². The summed E-state index contributed by atoms with van der Waals surface area (Å²) in [6.07, 6.45) is 5.55. The van der Waals surface area contributed by atoms with Crippen molar-refractivity contribution < 1.29 is 12.8 Å². The van der Waals surface area contributed by atoms with E-state index in [1.54, 1.807) is 10.9 Å². The van der Waals surface area contributed by atoms with Gasteiger partial charge in [0.1, 0.15) is 15.0 Å². The molecule has 1 aliphatic carbocycles. The highest BCUT2D eigenvalue weighted by Crippen LogP contribution is 2.33. The zero-order chi connectivity index (χ0) is 23.3. The first-order chi connectivity index (χ1) is 15.7. The lowest BCUT2D eigenvalue weighted by Gasteiger charge is -2.26. The molecule has 3 N–H and O–H groups in total. The fourth-order valence-electron chi connectivity index (χ4n) is 4.40. The average molecular weight is 506 g/mol. The molecule has 2 aromatic heterocycles. The fourth-order valence-corrected chi connectivity index (χ4v) is 6.55. The maximum Gasteiger partial charge on any atom is 0.266 e. The molecule has 0 saturated carbocycles. The van der Waals surface area contributed by atoms with Crippen LogP contribution in [0.4, 0.5) is 9.52 Å². The smallest absolute Gasteiger partial charge is 0.266 e. The van der Waals surface area contributed by atoms with Crippen LogP contribution < -0.4 is 10.5 Å². The summed E-state index contributed by atoms with van der Waals surface area (Å²) in [6.45, 7) is 2.00. The first kappa shape index (κ1) is 22.3. The van der Waals surface area contributed by atoms with Gasteiger partial charge in [0.2, 0.25) is 0 Å². The number of sulfonamides is 1. The van der Waals surface area contributed by atoms with Crippen LogP contribution >= 0.6 is 22.9 Å². The number of hydrogen-bond acceptors (Lipinski definition) is 6. The molecule has 0 fully saturated rings. The molecule has 2 atom stereocenters. The Hall–Kier alpha value is -2.53. The number of halogens is 2. The summed E-state index contributed by atoms with van der Waals surface area (Å²) >= 11 is 6.76. The number of nitrogens with two attached hydrogens (primary N) is 1. The first-order valence-corrected chi connectivity index (χ1v) is 13.1. The predicted octanol–water partition coefficient (Wildman–Crippen LogP) is 4.51. The van der Waals surface area contributed by atoms with E-state index in [0.29, 0.717) is 15.2 Å². The summed E-state index contributed by atoms with van der Waals surface area (Å²) in [5, 5.41) is 5.05. The van der Waals surface area contributed by atoms with Gasteiger partial charge in [-0.25, -0.2) is 17.8 Å². The summed E-state index contributed by atoms with van der Waals surface area (Å²) in [7, 11) is -4.19. The number of anilines is 1. The number of nitrogens with one attached hydrogen (secondary N) is 1. The number of nitrogens with zero attached hydrogens (tertiary/aromatic N) is 3. The van der Waals surface area contributed by atoms with Gasteiger partial charge < -0.3 is 5.73 Å². The molecule has 1 unspecified atom stereocenters. The molecule has 5 rings (SSSR count). The van der Waals surface area contributed by atoms with Gasteiger partial charge in [0, 0.05) is 17.5 Å². The number of thiazole rings is 1. The predicted molar refractivity (Wildman–Crippen MR) is 128 cm³/mol. The highest BCUT2D eigenvalue weighted by atomic mass is 35.5. The second-order valence-corrected chi connectivity index (χ2v) is 11.5. The zero-order valence-corrected chi connectivity index (χ0v) is 20.0. The largest absolute Gasteiger partial charge is 0.327 e. The lowest BCUT2D eigenvalue weighted by molar-refractivity contribution is 0.541. The minimum atomic E-state index is -4.19. The second kappa shape index (κ2) is 8.35. The lowest BCUT2D eigenvalue weighted by Crippen LogP contribution is -2.29. The third-order valence-electron chi connectivity index (χ3n) is 6.01. The van der Waals surface area contributed by atoms with E-state index in [9.17, 15) is 8.42 Å². The Morgan fingerprint density at radius 3 is 2.91 bits per heavy atom. The molecule has 0 bridgehead atoms. The van der Waals surface area contributed by atoms with E-state index in [4.69, 9.17) is 17.3 Å². The average Bonchev–Trinajstić information content (AvgIpc) is 3.37. The third-order valence-corrected chi connectivity index (χ3v) is 8.53. The lowest BCUT2D eigenvalue weighted by atomic mass is 9.84. The highest BCUT2D eigenvalue weighted by molar-refractivity contribution is 7.93. The first-order valence-electron chi connectivity index (χ1n) is 10.4. The van der Waals surface area contributed by atoms with Crippen molar-refractivity contribution in [3.63, 3.8) is 0 Å². The van der Waals surface area contributed by atoms with Gasteiger partial charge in [-0.2, -0.15) is 5.10 Å². The molecule has 7 nitrogen and oxygen atoms in total. The van der Waals surface area contributed by atoms with Crippen molar-refractivity contribution in [3.8, 4) is 0 Å². The van der Waals surface area contributed by atoms with Crippen LogP contribution in [0.15, 0.2) is 47.6 Å². The van der Waals surface area contributed by atoms with Gasteiger partial charge in [0.25, 0.3) is 10.0 Å². The molecule has 172 valence electrons. The van der Waals surface area contributed by atoms with Crippen molar-refractivity contribution >= 4 is 49.0 Å². The Kier molecular flexibility index (Phi) is 5.64. The van der Waals surface area contributed by atoms with E-state index in [0.717, 1.165) is 36.2 Å². The zero-order valence-electron chi connectivity index (χ0n) is 17.6. The van der Waals surface area contributed by atoms with E-state index >= 15 is 4.39 Å². The van der Waals surface area contributed by atoms with E-state index < -0.39 is 20.7 Å². The number of hydrogen-bond donors (Lipinski definition) is 2. The van der Waals surface area contributed by atoms with Crippen molar-refractivity contribution in [3.05, 3.63) is 69.6 Å². The maximum atomic E-state index is 15.1. The molecule has 0 spiro atoms. The van der Waals surface area contributed by atoms with Gasteiger partial charge in [0.05, 0.1) is 24.0 Å². The van der Waals surface area contributed by atoms with Gasteiger partial charge in [-0.15, -0.1) is 0 Å².